The second-order valence-corrected chi connectivity index (χ2v) is 4.28. The van der Waals surface area contributed by atoms with Crippen molar-refractivity contribution < 1.29 is 19.6 Å². The molecule has 0 aliphatic heterocycles. The van der Waals surface area contributed by atoms with Crippen molar-refractivity contribution in [2.24, 2.45) is 0 Å². The molecule has 8 nitrogen and oxygen atoms in total. The van der Waals surface area contributed by atoms with E-state index in [1.807, 2.05) is 0 Å². The maximum absolute atomic E-state index is 12.2. The Morgan fingerprint density at radius 3 is 2.67 bits per heavy atom. The van der Waals surface area contributed by atoms with Crippen LogP contribution in [0.25, 0.3) is 10.9 Å². The third kappa shape index (κ3) is 2.42. The van der Waals surface area contributed by atoms with Gasteiger partial charge in [0.05, 0.1) is 10.4 Å². The Bertz CT molecular complexity index is 808. The molecule has 1 aromatic carbocycles. The number of carbonyl (C=O) groups excluding carboxylic acids is 1. The van der Waals surface area contributed by atoms with E-state index in [-0.39, 0.29) is 23.1 Å². The summed E-state index contributed by atoms with van der Waals surface area (Å²) in [4.78, 5) is 33.4. The molecule has 0 fully saturated rings. The van der Waals surface area contributed by atoms with E-state index in [4.69, 9.17) is 4.74 Å². The molecule has 0 bridgehead atoms. The van der Waals surface area contributed by atoms with Crippen LogP contribution < -0.4 is 10.3 Å². The molecule has 0 unspecified atom stereocenters. The molecular weight excluding hydrogens is 280 g/mol. The molecule has 0 saturated heterocycles. The first-order chi connectivity index (χ1) is 9.86. The van der Waals surface area contributed by atoms with Gasteiger partial charge in [0.25, 0.3) is 11.2 Å². The number of benzene rings is 1. The maximum atomic E-state index is 12.2. The number of nitro groups is 1. The van der Waals surface area contributed by atoms with Crippen molar-refractivity contribution >= 4 is 22.6 Å². The number of aryl methyl sites for hydroxylation is 1. The van der Waals surface area contributed by atoms with Gasteiger partial charge in [-0.1, -0.05) is 0 Å². The summed E-state index contributed by atoms with van der Waals surface area (Å²) in [6, 6.07) is 3.70. The van der Waals surface area contributed by atoms with Crippen LogP contribution in [0, 0.1) is 10.1 Å². The van der Waals surface area contributed by atoms with Crippen LogP contribution in [0.5, 0.6) is 11.5 Å². The minimum atomic E-state index is -0.744. The summed E-state index contributed by atoms with van der Waals surface area (Å²) in [5, 5.41) is 21.1. The van der Waals surface area contributed by atoms with Crippen LogP contribution in [0.3, 0.4) is 0 Å². The number of nitrogens with zero attached hydrogens (tertiary/aromatic N) is 2. The molecule has 0 spiro atoms. The first-order valence-corrected chi connectivity index (χ1v) is 6.09. The first-order valence-electron chi connectivity index (χ1n) is 6.09. The predicted octanol–water partition coefficient (Wildman–Crippen LogP) is 1.56. The van der Waals surface area contributed by atoms with E-state index in [2.05, 4.69) is 0 Å². The third-order valence-corrected chi connectivity index (χ3v) is 2.95. The number of esters is 1. The summed E-state index contributed by atoms with van der Waals surface area (Å²) in [6.45, 7) is 2.97. The van der Waals surface area contributed by atoms with Crippen LogP contribution >= 0.6 is 0 Å². The van der Waals surface area contributed by atoms with E-state index in [0.717, 1.165) is 6.92 Å². The number of aromatic hydroxyl groups is 1. The molecule has 0 aliphatic rings. The number of pyridine rings is 1. The van der Waals surface area contributed by atoms with Crippen molar-refractivity contribution in [3.63, 3.8) is 0 Å². The summed E-state index contributed by atoms with van der Waals surface area (Å²) in [5.41, 5.74) is -0.730. The topological polar surface area (TPSA) is 112 Å². The van der Waals surface area contributed by atoms with Crippen molar-refractivity contribution in [1.82, 2.24) is 4.57 Å². The largest absolute Gasteiger partial charge is 0.504 e. The Balaban J connectivity index is 2.88. The van der Waals surface area contributed by atoms with Crippen LogP contribution in [-0.4, -0.2) is 20.6 Å². The lowest BCUT2D eigenvalue weighted by Crippen LogP contribution is -2.23. The fourth-order valence-corrected chi connectivity index (χ4v) is 2.06. The van der Waals surface area contributed by atoms with Crippen molar-refractivity contribution in [2.45, 2.75) is 20.4 Å². The van der Waals surface area contributed by atoms with Gasteiger partial charge < -0.3 is 14.4 Å². The lowest BCUT2D eigenvalue weighted by atomic mass is 10.1. The summed E-state index contributed by atoms with van der Waals surface area (Å²) in [6.07, 6.45) is 0. The molecule has 1 aromatic heterocycles. The lowest BCUT2D eigenvalue weighted by molar-refractivity contribution is -0.384. The maximum Gasteiger partial charge on any atom is 0.308 e. The highest BCUT2D eigenvalue weighted by Gasteiger charge is 2.20. The van der Waals surface area contributed by atoms with Gasteiger partial charge >= 0.3 is 5.97 Å². The number of hydrogen-bond acceptors (Lipinski definition) is 6. The minimum absolute atomic E-state index is 0.193. The van der Waals surface area contributed by atoms with Crippen molar-refractivity contribution in [1.29, 1.82) is 0 Å². The Morgan fingerprint density at radius 1 is 1.48 bits per heavy atom. The highest BCUT2D eigenvalue weighted by molar-refractivity contribution is 5.90. The first kappa shape index (κ1) is 14.5. The fourth-order valence-electron chi connectivity index (χ4n) is 2.06. The fraction of sp³-hybridized carbons (Fsp3) is 0.231. The smallest absolute Gasteiger partial charge is 0.308 e. The van der Waals surface area contributed by atoms with E-state index in [1.54, 1.807) is 6.92 Å². The van der Waals surface area contributed by atoms with Gasteiger partial charge in [0.1, 0.15) is 0 Å². The molecule has 0 amide bonds. The molecule has 2 aromatic rings. The number of rotatable bonds is 3. The van der Waals surface area contributed by atoms with E-state index < -0.39 is 28.0 Å². The minimum Gasteiger partial charge on any atom is -0.504 e. The molecule has 2 rings (SSSR count). The van der Waals surface area contributed by atoms with Crippen molar-refractivity contribution in [2.75, 3.05) is 0 Å². The SMILES string of the molecule is CCn1c(=O)c(OC(C)=O)c(O)c2ccc([N+](=O)[O-])cc21. The molecule has 8 heteroatoms. The van der Waals surface area contributed by atoms with E-state index >= 15 is 0 Å². The zero-order valence-electron chi connectivity index (χ0n) is 11.3. The molecule has 0 aliphatic carbocycles. The number of nitro benzene ring substituents is 1. The molecule has 1 heterocycles. The second kappa shape index (κ2) is 5.23. The Hall–Kier alpha value is -2.90. The molecule has 110 valence electrons. The van der Waals surface area contributed by atoms with Crippen LogP contribution in [0.15, 0.2) is 23.0 Å². The zero-order chi connectivity index (χ0) is 15.7. The highest BCUT2D eigenvalue weighted by Crippen LogP contribution is 2.33. The number of non-ortho nitro benzene ring substituents is 1. The Labute approximate surface area is 118 Å². The van der Waals surface area contributed by atoms with Crippen LogP contribution in [-0.2, 0) is 11.3 Å². The average molecular weight is 292 g/mol. The number of hydrogen-bond donors (Lipinski definition) is 1. The predicted molar refractivity (Wildman–Crippen MR) is 73.5 cm³/mol. The summed E-state index contributed by atoms with van der Waals surface area (Å²) >= 11 is 0. The van der Waals surface area contributed by atoms with Crippen LogP contribution in [0.4, 0.5) is 5.69 Å². The van der Waals surface area contributed by atoms with Gasteiger partial charge in [-0.25, -0.2) is 0 Å². The Morgan fingerprint density at radius 2 is 2.14 bits per heavy atom. The van der Waals surface area contributed by atoms with Gasteiger partial charge in [-0.3, -0.25) is 19.7 Å². The van der Waals surface area contributed by atoms with E-state index in [1.165, 1.54) is 22.8 Å². The summed E-state index contributed by atoms with van der Waals surface area (Å²) < 4.78 is 5.94. The standard InChI is InChI=1S/C13H12N2O6/c1-3-14-10-6-8(15(19)20)4-5-9(10)11(17)12(13(14)18)21-7(2)16/h4-6,17H,3H2,1-2H3. The van der Waals surface area contributed by atoms with Crippen LogP contribution in [0.2, 0.25) is 0 Å². The Kier molecular flexibility index (Phi) is 3.62. The van der Waals surface area contributed by atoms with Crippen LogP contribution in [0.1, 0.15) is 13.8 Å². The molecule has 0 atom stereocenters. The third-order valence-electron chi connectivity index (χ3n) is 2.95. The second-order valence-electron chi connectivity index (χ2n) is 4.28. The number of fused-ring (bicyclic) bond motifs is 1. The number of carbonyl (C=O) groups is 1. The van der Waals surface area contributed by atoms with Gasteiger partial charge in [0.15, 0.2) is 5.75 Å². The lowest BCUT2D eigenvalue weighted by Gasteiger charge is -2.12. The molecule has 0 saturated carbocycles. The van der Waals surface area contributed by atoms with Crippen molar-refractivity contribution in [3.8, 4) is 11.5 Å². The number of aromatic nitrogens is 1. The summed E-state index contributed by atoms with van der Waals surface area (Å²) in [7, 11) is 0. The normalized spacial score (nSPS) is 10.6. The highest BCUT2D eigenvalue weighted by atomic mass is 16.6. The van der Waals surface area contributed by atoms with Gasteiger partial charge in [0, 0.05) is 31.0 Å². The molecular formula is C13H12N2O6. The van der Waals surface area contributed by atoms with Crippen molar-refractivity contribution in [3.05, 3.63) is 38.7 Å². The van der Waals surface area contributed by atoms with Gasteiger partial charge in [-0.15, -0.1) is 0 Å². The van der Waals surface area contributed by atoms with Gasteiger partial charge in [-0.05, 0) is 13.0 Å². The zero-order valence-corrected chi connectivity index (χ0v) is 11.3. The van der Waals surface area contributed by atoms with E-state index in [0.29, 0.717) is 0 Å². The average Bonchev–Trinajstić information content (AvgIpc) is 2.43. The summed E-state index contributed by atoms with van der Waals surface area (Å²) in [5.74, 6) is -1.73. The quantitative estimate of drug-likeness (QED) is 0.522. The van der Waals surface area contributed by atoms with Gasteiger partial charge in [-0.2, -0.15) is 0 Å². The molecule has 21 heavy (non-hydrogen) atoms. The monoisotopic (exact) mass is 292 g/mol. The molecule has 0 radical (unpaired) electrons. The number of ether oxygens (including phenoxy) is 1. The van der Waals surface area contributed by atoms with Gasteiger partial charge in [0.2, 0.25) is 5.75 Å². The van der Waals surface area contributed by atoms with E-state index in [9.17, 15) is 24.8 Å². The molecule has 1 N–H and O–H groups in total.